The van der Waals surface area contributed by atoms with Crippen molar-refractivity contribution in [3.63, 3.8) is 0 Å². The summed E-state index contributed by atoms with van der Waals surface area (Å²) in [6, 6.07) is 17.8. The molecule has 0 aliphatic heterocycles. The maximum Gasteiger partial charge on any atom is 0.243 e. The minimum absolute atomic E-state index is 0.00215. The Morgan fingerprint density at radius 3 is 2.28 bits per heavy atom. The van der Waals surface area contributed by atoms with E-state index in [-0.39, 0.29) is 17.9 Å². The number of nitrogens with one attached hydrogen (secondary N) is 1. The number of hydrogen-bond acceptors (Lipinski definition) is 2. The van der Waals surface area contributed by atoms with Crippen LogP contribution in [0.15, 0.2) is 54.6 Å². The fraction of sp³-hybridized carbons (Fsp3) is 0.440. The van der Waals surface area contributed by atoms with Crippen molar-refractivity contribution in [2.45, 2.75) is 65.5 Å². The molecule has 156 valence electrons. The van der Waals surface area contributed by atoms with E-state index in [1.165, 1.54) is 0 Å². The fourth-order valence-electron chi connectivity index (χ4n) is 3.44. The predicted molar refractivity (Wildman–Crippen MR) is 119 cm³/mol. The van der Waals surface area contributed by atoms with Crippen molar-refractivity contribution in [2.24, 2.45) is 0 Å². The Hall–Kier alpha value is -2.62. The van der Waals surface area contributed by atoms with E-state index < -0.39 is 6.04 Å². The summed E-state index contributed by atoms with van der Waals surface area (Å²) in [5, 5.41) is 3.05. The van der Waals surface area contributed by atoms with Gasteiger partial charge >= 0.3 is 0 Å². The average molecular weight is 395 g/mol. The van der Waals surface area contributed by atoms with Crippen molar-refractivity contribution in [1.82, 2.24) is 10.2 Å². The van der Waals surface area contributed by atoms with Gasteiger partial charge in [0.1, 0.15) is 6.04 Å². The minimum Gasteiger partial charge on any atom is -0.352 e. The number of amides is 2. The topological polar surface area (TPSA) is 49.4 Å². The van der Waals surface area contributed by atoms with Crippen LogP contribution < -0.4 is 5.32 Å². The van der Waals surface area contributed by atoms with Gasteiger partial charge in [-0.25, -0.2) is 0 Å². The zero-order valence-electron chi connectivity index (χ0n) is 18.2. The zero-order chi connectivity index (χ0) is 21.2. The highest BCUT2D eigenvalue weighted by Gasteiger charge is 2.28. The lowest BCUT2D eigenvalue weighted by Gasteiger charge is -2.31. The van der Waals surface area contributed by atoms with E-state index in [1.807, 2.05) is 70.2 Å². The molecule has 2 aromatic rings. The third-order valence-electron chi connectivity index (χ3n) is 5.31. The Balaban J connectivity index is 2.20. The summed E-state index contributed by atoms with van der Waals surface area (Å²) in [6.07, 6.45) is 2.50. The van der Waals surface area contributed by atoms with Crippen molar-refractivity contribution in [3.8, 4) is 0 Å². The third kappa shape index (κ3) is 7.04. The molecule has 2 atom stereocenters. The Kier molecular flexibility index (Phi) is 8.91. The highest BCUT2D eigenvalue weighted by atomic mass is 16.2. The van der Waals surface area contributed by atoms with Crippen LogP contribution in [-0.4, -0.2) is 35.3 Å². The van der Waals surface area contributed by atoms with E-state index in [9.17, 15) is 9.59 Å². The first-order valence-corrected chi connectivity index (χ1v) is 10.6. The zero-order valence-corrected chi connectivity index (χ0v) is 18.2. The van der Waals surface area contributed by atoms with Crippen LogP contribution in [0.2, 0.25) is 0 Å². The van der Waals surface area contributed by atoms with Crippen LogP contribution in [0.1, 0.15) is 50.3 Å². The first-order chi connectivity index (χ1) is 13.9. The summed E-state index contributed by atoms with van der Waals surface area (Å²) in [4.78, 5) is 27.9. The Labute approximate surface area is 175 Å². The Morgan fingerprint density at radius 1 is 0.966 bits per heavy atom. The van der Waals surface area contributed by atoms with Crippen LogP contribution >= 0.6 is 0 Å². The van der Waals surface area contributed by atoms with Crippen molar-refractivity contribution in [3.05, 3.63) is 71.3 Å². The largest absolute Gasteiger partial charge is 0.352 e. The predicted octanol–water partition coefficient (Wildman–Crippen LogP) is 4.30. The number of aryl methyl sites for hydroxylation is 1. The molecule has 4 nitrogen and oxygen atoms in total. The van der Waals surface area contributed by atoms with Gasteiger partial charge in [0.25, 0.3) is 0 Å². The van der Waals surface area contributed by atoms with Gasteiger partial charge in [-0.2, -0.15) is 0 Å². The molecule has 0 radical (unpaired) electrons. The maximum absolute atomic E-state index is 13.3. The molecule has 2 rings (SSSR count). The molecule has 0 aromatic heterocycles. The molecule has 0 spiro atoms. The van der Waals surface area contributed by atoms with E-state index in [2.05, 4.69) is 17.4 Å². The Morgan fingerprint density at radius 2 is 1.66 bits per heavy atom. The molecule has 1 N–H and O–H groups in total. The number of carbonyl (C=O) groups is 2. The number of nitrogens with zero attached hydrogens (tertiary/aromatic N) is 1. The molecule has 0 bridgehead atoms. The van der Waals surface area contributed by atoms with Gasteiger partial charge < -0.3 is 10.2 Å². The van der Waals surface area contributed by atoms with Gasteiger partial charge in [0.2, 0.25) is 11.8 Å². The lowest BCUT2D eigenvalue weighted by Crippen LogP contribution is -2.52. The third-order valence-corrected chi connectivity index (χ3v) is 5.31. The van der Waals surface area contributed by atoms with Gasteiger partial charge in [-0.3, -0.25) is 9.59 Å². The van der Waals surface area contributed by atoms with E-state index in [0.29, 0.717) is 19.4 Å². The van der Waals surface area contributed by atoms with Crippen molar-refractivity contribution >= 4 is 11.8 Å². The highest BCUT2D eigenvalue weighted by molar-refractivity contribution is 5.88. The van der Waals surface area contributed by atoms with Crippen LogP contribution in [0.25, 0.3) is 0 Å². The van der Waals surface area contributed by atoms with Gasteiger partial charge in [0, 0.05) is 12.6 Å². The monoisotopic (exact) mass is 394 g/mol. The van der Waals surface area contributed by atoms with Crippen molar-refractivity contribution in [1.29, 1.82) is 0 Å². The molecule has 0 heterocycles. The molecule has 0 aliphatic rings. The molecule has 29 heavy (non-hydrogen) atoms. The molecule has 0 saturated heterocycles. The fourth-order valence-corrected chi connectivity index (χ4v) is 3.44. The smallest absolute Gasteiger partial charge is 0.243 e. The standard InChI is InChI=1S/C25H34N2O2/c1-5-20(4)26-25(29)23(6-2)27(16-15-21-12-8-7-9-13-21)24(28)18-22-14-10-11-19(3)17-22/h7-14,17,20,23H,5-6,15-16,18H2,1-4H3,(H,26,29)/t20-,23-/m0/s1. The van der Waals surface area contributed by atoms with Gasteiger partial charge in [-0.1, -0.05) is 74.0 Å². The van der Waals surface area contributed by atoms with E-state index in [1.54, 1.807) is 4.90 Å². The molecule has 0 saturated carbocycles. The molecular weight excluding hydrogens is 360 g/mol. The lowest BCUT2D eigenvalue weighted by molar-refractivity contribution is -0.140. The number of hydrogen-bond donors (Lipinski definition) is 1. The molecule has 0 aliphatic carbocycles. The molecule has 2 aromatic carbocycles. The summed E-state index contributed by atoms with van der Waals surface area (Å²) in [7, 11) is 0. The summed E-state index contributed by atoms with van der Waals surface area (Å²) in [6.45, 7) is 8.56. The highest BCUT2D eigenvalue weighted by Crippen LogP contribution is 2.13. The van der Waals surface area contributed by atoms with E-state index in [0.717, 1.165) is 29.5 Å². The summed E-state index contributed by atoms with van der Waals surface area (Å²) in [5.41, 5.74) is 3.28. The SMILES string of the molecule is CC[C@H](C)NC(=O)[C@H](CC)N(CCc1ccccc1)C(=O)Cc1cccc(C)c1. The minimum atomic E-state index is -0.454. The summed E-state index contributed by atoms with van der Waals surface area (Å²) >= 11 is 0. The van der Waals surface area contributed by atoms with E-state index in [4.69, 9.17) is 0 Å². The van der Waals surface area contributed by atoms with E-state index >= 15 is 0 Å². The first kappa shape index (κ1) is 22.7. The molecule has 0 fully saturated rings. The lowest BCUT2D eigenvalue weighted by atomic mass is 10.0. The molecule has 4 heteroatoms. The van der Waals surface area contributed by atoms with Crippen LogP contribution in [0.5, 0.6) is 0 Å². The second-order valence-electron chi connectivity index (χ2n) is 7.73. The quantitative estimate of drug-likeness (QED) is 0.653. The summed E-state index contributed by atoms with van der Waals surface area (Å²) < 4.78 is 0. The van der Waals surface area contributed by atoms with Crippen LogP contribution in [0.3, 0.4) is 0 Å². The number of carbonyl (C=O) groups excluding carboxylic acids is 2. The average Bonchev–Trinajstić information content (AvgIpc) is 2.71. The summed E-state index contributed by atoms with van der Waals surface area (Å²) in [5.74, 6) is -0.0646. The van der Waals surface area contributed by atoms with Crippen LogP contribution in [0.4, 0.5) is 0 Å². The van der Waals surface area contributed by atoms with Crippen molar-refractivity contribution in [2.75, 3.05) is 6.54 Å². The normalized spacial score (nSPS) is 12.8. The second-order valence-corrected chi connectivity index (χ2v) is 7.73. The van der Waals surface area contributed by atoms with Crippen molar-refractivity contribution < 1.29 is 9.59 Å². The second kappa shape index (κ2) is 11.4. The molecule has 0 unspecified atom stereocenters. The van der Waals surface area contributed by atoms with Gasteiger partial charge in [-0.05, 0) is 44.2 Å². The number of benzene rings is 2. The molecular formula is C25H34N2O2. The van der Waals surface area contributed by atoms with Crippen LogP contribution in [-0.2, 0) is 22.4 Å². The van der Waals surface area contributed by atoms with Gasteiger partial charge in [-0.15, -0.1) is 0 Å². The maximum atomic E-state index is 13.3. The molecule has 2 amide bonds. The first-order valence-electron chi connectivity index (χ1n) is 10.6. The van der Waals surface area contributed by atoms with Crippen LogP contribution in [0, 0.1) is 6.92 Å². The van der Waals surface area contributed by atoms with Gasteiger partial charge in [0.05, 0.1) is 6.42 Å². The van der Waals surface area contributed by atoms with Gasteiger partial charge in [0.15, 0.2) is 0 Å². The number of rotatable bonds is 10. The Bertz CT molecular complexity index is 788.